The number of hydrogen-bond acceptors (Lipinski definition) is 1. The van der Waals surface area contributed by atoms with Crippen molar-refractivity contribution >= 4 is 11.8 Å². The van der Waals surface area contributed by atoms with E-state index in [4.69, 9.17) is 0 Å². The second kappa shape index (κ2) is 4.84. The van der Waals surface area contributed by atoms with Gasteiger partial charge < -0.3 is 0 Å². The van der Waals surface area contributed by atoms with Crippen LogP contribution in [0.2, 0.25) is 0 Å². The van der Waals surface area contributed by atoms with Crippen LogP contribution in [0.15, 0.2) is 53.6 Å². The molecule has 56 valence electrons. The Balaban J connectivity index is 2.45. The van der Waals surface area contributed by atoms with E-state index in [2.05, 4.69) is 24.4 Å². The molecule has 1 aromatic rings. The zero-order valence-electron chi connectivity index (χ0n) is 6.29. The molecule has 1 aromatic carbocycles. The predicted molar refractivity (Wildman–Crippen MR) is 50.9 cm³/mol. The lowest BCUT2D eigenvalue weighted by molar-refractivity contribution is 1.46. The quantitative estimate of drug-likeness (QED) is 0.486. The molecule has 0 unspecified atom stereocenters. The van der Waals surface area contributed by atoms with Crippen molar-refractivity contribution < 1.29 is 0 Å². The van der Waals surface area contributed by atoms with E-state index in [0.717, 1.165) is 5.75 Å². The third-order valence-electron chi connectivity index (χ3n) is 1.22. The molecule has 0 heterocycles. The molecular weight excluding hydrogens is 152 g/mol. The average molecular weight is 162 g/mol. The van der Waals surface area contributed by atoms with E-state index in [-0.39, 0.29) is 0 Å². The Hall–Kier alpha value is -0.910. The molecule has 0 aromatic heterocycles. The van der Waals surface area contributed by atoms with Crippen LogP contribution >= 0.6 is 11.8 Å². The Kier molecular flexibility index (Phi) is 3.60. The van der Waals surface area contributed by atoms with Gasteiger partial charge in [0.15, 0.2) is 0 Å². The van der Waals surface area contributed by atoms with Crippen molar-refractivity contribution in [1.82, 2.24) is 0 Å². The summed E-state index contributed by atoms with van der Waals surface area (Å²) in [4.78, 5) is 1.29. The van der Waals surface area contributed by atoms with Gasteiger partial charge in [-0.2, -0.15) is 0 Å². The van der Waals surface area contributed by atoms with E-state index < -0.39 is 0 Å². The number of benzene rings is 1. The van der Waals surface area contributed by atoms with Crippen molar-refractivity contribution in [2.24, 2.45) is 0 Å². The molecule has 0 aliphatic carbocycles. The maximum Gasteiger partial charge on any atom is 0.0236 e. The van der Waals surface area contributed by atoms with Crippen LogP contribution in [0.25, 0.3) is 0 Å². The Morgan fingerprint density at radius 3 is 2.73 bits per heavy atom. The molecule has 1 heteroatoms. The molecule has 1 rings (SSSR count). The fraction of sp³-hybridized carbons (Fsp3) is 0.100. The number of thioether (sulfide) groups is 1. The van der Waals surface area contributed by atoms with E-state index in [9.17, 15) is 0 Å². The van der Waals surface area contributed by atoms with Crippen LogP contribution < -0.4 is 0 Å². The predicted octanol–water partition coefficient (Wildman–Crippen LogP) is 3.12. The normalized spacial score (nSPS) is 8.73. The summed E-state index contributed by atoms with van der Waals surface area (Å²) < 4.78 is 0. The molecule has 0 atom stereocenters. The molecule has 0 spiro atoms. The molecule has 0 nitrogen and oxygen atoms in total. The highest BCUT2D eigenvalue weighted by Gasteiger charge is 1.86. The van der Waals surface area contributed by atoms with Gasteiger partial charge in [-0.05, 0) is 18.2 Å². The van der Waals surface area contributed by atoms with Crippen molar-refractivity contribution in [2.75, 3.05) is 5.75 Å². The third-order valence-corrected chi connectivity index (χ3v) is 2.16. The first-order valence-corrected chi connectivity index (χ1v) is 4.44. The minimum Gasteiger partial charge on any atom is -0.132 e. The Labute approximate surface area is 71.6 Å². The summed E-state index contributed by atoms with van der Waals surface area (Å²) in [5.74, 6) is 0.952. The van der Waals surface area contributed by atoms with Crippen LogP contribution in [0, 0.1) is 0 Å². The van der Waals surface area contributed by atoms with Crippen LogP contribution in [0.1, 0.15) is 0 Å². The van der Waals surface area contributed by atoms with Crippen molar-refractivity contribution in [1.29, 1.82) is 0 Å². The molecule has 0 bridgehead atoms. The standard InChI is InChI=1S/C10H10S/c1-2-3-9-11-10-7-5-4-6-8-10/h3-8H,1,9H2. The Bertz CT molecular complexity index is 245. The summed E-state index contributed by atoms with van der Waals surface area (Å²) in [6, 6.07) is 10.3. The molecule has 11 heavy (non-hydrogen) atoms. The largest absolute Gasteiger partial charge is 0.132 e. The second-order valence-electron chi connectivity index (χ2n) is 2.03. The zero-order valence-corrected chi connectivity index (χ0v) is 7.10. The molecule has 0 aliphatic rings. The summed E-state index contributed by atoms with van der Waals surface area (Å²) >= 11 is 1.79. The lowest BCUT2D eigenvalue weighted by Crippen LogP contribution is -1.70. The molecular formula is C10H10S. The molecule has 0 saturated carbocycles. The van der Waals surface area contributed by atoms with Gasteiger partial charge in [0.2, 0.25) is 0 Å². The first-order chi connectivity index (χ1) is 5.43. The van der Waals surface area contributed by atoms with Gasteiger partial charge in [0.25, 0.3) is 0 Å². The lowest BCUT2D eigenvalue weighted by Gasteiger charge is -1.94. The third kappa shape index (κ3) is 3.13. The summed E-state index contributed by atoms with van der Waals surface area (Å²) in [6.07, 6.45) is 1.93. The van der Waals surface area contributed by atoms with Gasteiger partial charge in [-0.25, -0.2) is 0 Å². The second-order valence-corrected chi connectivity index (χ2v) is 3.13. The number of rotatable bonds is 3. The maximum absolute atomic E-state index is 3.50. The van der Waals surface area contributed by atoms with Gasteiger partial charge in [0.1, 0.15) is 0 Å². The highest BCUT2D eigenvalue weighted by molar-refractivity contribution is 7.99. The zero-order chi connectivity index (χ0) is 7.94. The van der Waals surface area contributed by atoms with Crippen LogP contribution in [0.5, 0.6) is 0 Å². The van der Waals surface area contributed by atoms with Crippen molar-refractivity contribution in [3.8, 4) is 0 Å². The molecule has 0 amide bonds. The summed E-state index contributed by atoms with van der Waals surface area (Å²) in [5.41, 5.74) is 2.74. The monoisotopic (exact) mass is 162 g/mol. The van der Waals surface area contributed by atoms with Gasteiger partial charge >= 0.3 is 0 Å². The van der Waals surface area contributed by atoms with Crippen LogP contribution in [0.4, 0.5) is 0 Å². The fourth-order valence-electron chi connectivity index (χ4n) is 0.714. The average Bonchev–Trinajstić information content (AvgIpc) is 2.07. The van der Waals surface area contributed by atoms with E-state index in [1.807, 2.05) is 24.3 Å². The SMILES string of the molecule is C=C=CCSc1ccccc1. The first kappa shape index (κ1) is 8.19. The topological polar surface area (TPSA) is 0 Å². The van der Waals surface area contributed by atoms with Gasteiger partial charge in [-0.1, -0.05) is 24.8 Å². The number of hydrogen-bond donors (Lipinski definition) is 0. The Morgan fingerprint density at radius 1 is 1.36 bits per heavy atom. The van der Waals surface area contributed by atoms with E-state index >= 15 is 0 Å². The van der Waals surface area contributed by atoms with E-state index in [0.29, 0.717) is 0 Å². The molecule has 0 fully saturated rings. The van der Waals surface area contributed by atoms with Gasteiger partial charge in [-0.15, -0.1) is 17.5 Å². The van der Waals surface area contributed by atoms with E-state index in [1.54, 1.807) is 11.8 Å². The lowest BCUT2D eigenvalue weighted by atomic mass is 10.4. The molecule has 0 saturated heterocycles. The highest BCUT2D eigenvalue weighted by atomic mass is 32.2. The van der Waals surface area contributed by atoms with E-state index in [1.165, 1.54) is 4.90 Å². The van der Waals surface area contributed by atoms with Gasteiger partial charge in [0, 0.05) is 10.6 Å². The van der Waals surface area contributed by atoms with Crippen molar-refractivity contribution in [3.63, 3.8) is 0 Å². The van der Waals surface area contributed by atoms with Crippen molar-refractivity contribution in [3.05, 3.63) is 48.7 Å². The van der Waals surface area contributed by atoms with Crippen molar-refractivity contribution in [2.45, 2.75) is 4.90 Å². The molecule has 0 radical (unpaired) electrons. The Morgan fingerprint density at radius 2 is 2.09 bits per heavy atom. The smallest absolute Gasteiger partial charge is 0.0236 e. The molecule has 0 N–H and O–H groups in total. The summed E-state index contributed by atoms with van der Waals surface area (Å²) in [6.45, 7) is 3.50. The van der Waals surface area contributed by atoms with Crippen LogP contribution in [-0.2, 0) is 0 Å². The maximum atomic E-state index is 3.50. The van der Waals surface area contributed by atoms with Crippen LogP contribution in [-0.4, -0.2) is 5.75 Å². The highest BCUT2D eigenvalue weighted by Crippen LogP contribution is 2.16. The van der Waals surface area contributed by atoms with Gasteiger partial charge in [0.05, 0.1) is 0 Å². The fourth-order valence-corrected chi connectivity index (χ4v) is 1.46. The minimum absolute atomic E-state index is 0.952. The van der Waals surface area contributed by atoms with Crippen LogP contribution in [0.3, 0.4) is 0 Å². The minimum atomic E-state index is 0.952. The summed E-state index contributed by atoms with van der Waals surface area (Å²) in [5, 5.41) is 0. The molecule has 0 aliphatic heterocycles. The first-order valence-electron chi connectivity index (χ1n) is 3.45. The summed E-state index contributed by atoms with van der Waals surface area (Å²) in [7, 11) is 0. The van der Waals surface area contributed by atoms with Gasteiger partial charge in [-0.3, -0.25) is 0 Å².